The summed E-state index contributed by atoms with van der Waals surface area (Å²) in [7, 11) is 0. The van der Waals surface area contributed by atoms with Crippen molar-refractivity contribution >= 4 is 0 Å². The fourth-order valence-electron chi connectivity index (χ4n) is 5.27. The first-order chi connectivity index (χ1) is 9.58. The minimum Gasteiger partial charge on any atom is -0.308 e. The smallest absolute Gasteiger partial charge is 0.0309 e. The Bertz CT molecular complexity index is 311. The quantitative estimate of drug-likeness (QED) is 0.784. The topological polar surface area (TPSA) is 15.3 Å². The molecule has 3 fully saturated rings. The van der Waals surface area contributed by atoms with Crippen LogP contribution in [0, 0.1) is 11.8 Å². The van der Waals surface area contributed by atoms with Crippen molar-refractivity contribution in [2.45, 2.75) is 89.8 Å². The lowest BCUT2D eigenvalue weighted by Crippen LogP contribution is -2.66. The van der Waals surface area contributed by atoms with Crippen molar-refractivity contribution in [3.05, 3.63) is 0 Å². The third-order valence-corrected chi connectivity index (χ3v) is 6.26. The third-order valence-electron chi connectivity index (χ3n) is 6.26. The molecule has 1 N–H and O–H groups in total. The summed E-state index contributed by atoms with van der Waals surface area (Å²) in [6, 6.07) is 1.58. The van der Waals surface area contributed by atoms with Crippen molar-refractivity contribution in [3.8, 4) is 0 Å². The number of rotatable bonds is 1. The van der Waals surface area contributed by atoms with Gasteiger partial charge in [0.1, 0.15) is 0 Å². The van der Waals surface area contributed by atoms with Gasteiger partial charge in [-0.3, -0.25) is 4.90 Å². The standard InChI is InChI=1S/C18H34N2/c1-14-9-15(2)11-17(10-14)20-13-18(19-12-16(20)3)7-5-4-6-8-18/h14-17,19H,4-13H2,1-3H3. The number of nitrogens with one attached hydrogen (secondary N) is 1. The van der Waals surface area contributed by atoms with Crippen LogP contribution in [-0.2, 0) is 0 Å². The van der Waals surface area contributed by atoms with Gasteiger partial charge in [0, 0.05) is 30.7 Å². The zero-order valence-corrected chi connectivity index (χ0v) is 13.8. The van der Waals surface area contributed by atoms with E-state index >= 15 is 0 Å². The first-order valence-electron chi connectivity index (χ1n) is 9.09. The molecule has 3 unspecified atom stereocenters. The van der Waals surface area contributed by atoms with Gasteiger partial charge in [-0.15, -0.1) is 0 Å². The summed E-state index contributed by atoms with van der Waals surface area (Å²) in [5.74, 6) is 1.85. The molecular formula is C18H34N2. The van der Waals surface area contributed by atoms with E-state index in [-0.39, 0.29) is 0 Å². The van der Waals surface area contributed by atoms with Gasteiger partial charge in [-0.25, -0.2) is 0 Å². The van der Waals surface area contributed by atoms with Gasteiger partial charge in [0.2, 0.25) is 0 Å². The minimum atomic E-state index is 0.467. The van der Waals surface area contributed by atoms with Crippen molar-refractivity contribution < 1.29 is 0 Å². The number of nitrogens with zero attached hydrogens (tertiary/aromatic N) is 1. The van der Waals surface area contributed by atoms with E-state index in [9.17, 15) is 0 Å². The average molecular weight is 278 g/mol. The highest BCUT2D eigenvalue weighted by atomic mass is 15.3. The predicted molar refractivity (Wildman–Crippen MR) is 86.0 cm³/mol. The molecule has 2 saturated carbocycles. The Hall–Kier alpha value is -0.0800. The summed E-state index contributed by atoms with van der Waals surface area (Å²) in [4.78, 5) is 2.90. The highest BCUT2D eigenvalue weighted by Gasteiger charge is 2.42. The summed E-state index contributed by atoms with van der Waals surface area (Å²) < 4.78 is 0. The fourth-order valence-corrected chi connectivity index (χ4v) is 5.27. The number of hydrogen-bond acceptors (Lipinski definition) is 2. The molecule has 0 aromatic heterocycles. The molecule has 0 amide bonds. The largest absolute Gasteiger partial charge is 0.308 e. The van der Waals surface area contributed by atoms with Crippen molar-refractivity contribution in [3.63, 3.8) is 0 Å². The Labute approximate surface area is 125 Å². The van der Waals surface area contributed by atoms with E-state index in [1.165, 1.54) is 64.5 Å². The molecule has 1 saturated heterocycles. The number of piperazine rings is 1. The van der Waals surface area contributed by atoms with Crippen LogP contribution in [0.25, 0.3) is 0 Å². The molecule has 1 heterocycles. The average Bonchev–Trinajstić information content (AvgIpc) is 2.42. The lowest BCUT2D eigenvalue weighted by molar-refractivity contribution is 0.00388. The molecule has 0 aromatic rings. The van der Waals surface area contributed by atoms with Crippen molar-refractivity contribution in [1.29, 1.82) is 0 Å². The predicted octanol–water partition coefficient (Wildman–Crippen LogP) is 3.81. The van der Waals surface area contributed by atoms with Crippen LogP contribution >= 0.6 is 0 Å². The first-order valence-corrected chi connectivity index (χ1v) is 9.09. The van der Waals surface area contributed by atoms with E-state index in [4.69, 9.17) is 0 Å². The molecule has 0 radical (unpaired) electrons. The van der Waals surface area contributed by atoms with E-state index in [2.05, 4.69) is 31.0 Å². The van der Waals surface area contributed by atoms with Crippen molar-refractivity contribution in [1.82, 2.24) is 10.2 Å². The molecule has 2 heteroatoms. The monoisotopic (exact) mass is 278 g/mol. The van der Waals surface area contributed by atoms with Crippen LogP contribution in [0.15, 0.2) is 0 Å². The van der Waals surface area contributed by atoms with Crippen LogP contribution in [0.1, 0.15) is 72.1 Å². The second-order valence-electron chi connectivity index (χ2n) is 8.31. The summed E-state index contributed by atoms with van der Waals surface area (Å²) >= 11 is 0. The number of hydrogen-bond donors (Lipinski definition) is 1. The van der Waals surface area contributed by atoms with Crippen LogP contribution in [0.3, 0.4) is 0 Å². The zero-order valence-electron chi connectivity index (χ0n) is 13.8. The molecule has 116 valence electrons. The normalized spacial score (nSPS) is 42.8. The van der Waals surface area contributed by atoms with Gasteiger partial charge in [0.05, 0.1) is 0 Å². The molecule has 2 nitrogen and oxygen atoms in total. The Kier molecular flexibility index (Phi) is 4.42. The van der Waals surface area contributed by atoms with Crippen LogP contribution < -0.4 is 5.32 Å². The van der Waals surface area contributed by atoms with E-state index in [1.807, 2.05) is 0 Å². The summed E-state index contributed by atoms with van der Waals surface area (Å²) in [6.07, 6.45) is 11.5. The first kappa shape index (κ1) is 14.8. The van der Waals surface area contributed by atoms with Crippen molar-refractivity contribution in [2.24, 2.45) is 11.8 Å². The molecular weight excluding hydrogens is 244 g/mol. The lowest BCUT2D eigenvalue weighted by atomic mass is 9.76. The third kappa shape index (κ3) is 3.06. The Morgan fingerprint density at radius 3 is 2.20 bits per heavy atom. The summed E-state index contributed by atoms with van der Waals surface area (Å²) in [6.45, 7) is 9.89. The van der Waals surface area contributed by atoms with Crippen LogP contribution in [0.4, 0.5) is 0 Å². The molecule has 0 aromatic carbocycles. The van der Waals surface area contributed by atoms with E-state index < -0.39 is 0 Å². The maximum Gasteiger partial charge on any atom is 0.0309 e. The van der Waals surface area contributed by atoms with Gasteiger partial charge >= 0.3 is 0 Å². The maximum atomic E-state index is 3.93. The molecule has 3 atom stereocenters. The Balaban J connectivity index is 1.70. The molecule has 2 aliphatic carbocycles. The summed E-state index contributed by atoms with van der Waals surface area (Å²) in [5.41, 5.74) is 0.467. The fraction of sp³-hybridized carbons (Fsp3) is 1.00. The molecule has 1 spiro atoms. The second-order valence-corrected chi connectivity index (χ2v) is 8.31. The lowest BCUT2D eigenvalue weighted by Gasteiger charge is -2.53. The van der Waals surface area contributed by atoms with E-state index in [0.29, 0.717) is 5.54 Å². The van der Waals surface area contributed by atoms with Crippen LogP contribution in [0.5, 0.6) is 0 Å². The Morgan fingerprint density at radius 1 is 0.900 bits per heavy atom. The van der Waals surface area contributed by atoms with E-state index in [1.54, 1.807) is 0 Å². The van der Waals surface area contributed by atoms with Gasteiger partial charge in [-0.05, 0) is 50.9 Å². The second kappa shape index (κ2) is 5.96. The Morgan fingerprint density at radius 2 is 1.55 bits per heavy atom. The van der Waals surface area contributed by atoms with Gasteiger partial charge in [0.25, 0.3) is 0 Å². The molecule has 1 aliphatic heterocycles. The summed E-state index contributed by atoms with van der Waals surface area (Å²) in [5, 5.41) is 3.93. The SMILES string of the molecule is CC1CC(C)CC(N2CC3(CCCCC3)NCC2C)C1. The van der Waals surface area contributed by atoms with Crippen LogP contribution in [-0.4, -0.2) is 35.6 Å². The molecule has 0 bridgehead atoms. The minimum absolute atomic E-state index is 0.467. The molecule has 20 heavy (non-hydrogen) atoms. The van der Waals surface area contributed by atoms with Gasteiger partial charge in [0.15, 0.2) is 0 Å². The van der Waals surface area contributed by atoms with Gasteiger partial charge in [-0.2, -0.15) is 0 Å². The van der Waals surface area contributed by atoms with Gasteiger partial charge < -0.3 is 5.32 Å². The van der Waals surface area contributed by atoms with Crippen molar-refractivity contribution in [2.75, 3.05) is 13.1 Å². The molecule has 3 rings (SSSR count). The van der Waals surface area contributed by atoms with Crippen LogP contribution in [0.2, 0.25) is 0 Å². The van der Waals surface area contributed by atoms with Gasteiger partial charge in [-0.1, -0.05) is 33.1 Å². The molecule has 3 aliphatic rings. The highest BCUT2D eigenvalue weighted by molar-refractivity contribution is 5.01. The highest BCUT2D eigenvalue weighted by Crippen LogP contribution is 2.37. The van der Waals surface area contributed by atoms with E-state index in [0.717, 1.165) is 23.9 Å². The maximum absolute atomic E-state index is 3.93. The zero-order chi connectivity index (χ0) is 14.2.